The fourth-order valence-corrected chi connectivity index (χ4v) is 4.24. The van der Waals surface area contributed by atoms with Gasteiger partial charge in [0.1, 0.15) is 10.0 Å². The van der Waals surface area contributed by atoms with Crippen molar-refractivity contribution in [3.63, 3.8) is 0 Å². The lowest BCUT2D eigenvalue weighted by molar-refractivity contribution is 0.673. The third kappa shape index (κ3) is 1.89. The molecule has 4 heteroatoms. The highest BCUT2D eigenvalue weighted by Gasteiger charge is 2.54. The number of nitrogens with one attached hydrogen (secondary N) is 1. The van der Waals surface area contributed by atoms with E-state index in [-0.39, 0.29) is 0 Å². The Bertz CT molecular complexity index is 353. The van der Waals surface area contributed by atoms with Gasteiger partial charge in [0.15, 0.2) is 0 Å². The molecule has 0 aliphatic heterocycles. The summed E-state index contributed by atoms with van der Waals surface area (Å²) < 4.78 is 0. The molecule has 0 radical (unpaired) electrons. The van der Waals surface area contributed by atoms with Crippen LogP contribution in [0.2, 0.25) is 0 Å². The van der Waals surface area contributed by atoms with Gasteiger partial charge >= 0.3 is 0 Å². The minimum Gasteiger partial charge on any atom is -0.320 e. The van der Waals surface area contributed by atoms with Gasteiger partial charge in [-0.25, -0.2) is 0 Å². The second kappa shape index (κ2) is 4.41. The van der Waals surface area contributed by atoms with Crippen LogP contribution in [0.25, 0.3) is 0 Å². The molecule has 2 fully saturated rings. The quantitative estimate of drug-likeness (QED) is 0.798. The molecular weight excluding hydrogens is 218 g/mol. The summed E-state index contributed by atoms with van der Waals surface area (Å²) in [7, 11) is 2.00. The van der Waals surface area contributed by atoms with Crippen molar-refractivity contribution in [3.8, 4) is 0 Å². The molecule has 2 unspecified atom stereocenters. The Morgan fingerprint density at radius 2 is 2.12 bits per heavy atom. The zero-order chi connectivity index (χ0) is 11.0. The van der Waals surface area contributed by atoms with Gasteiger partial charge in [-0.15, -0.1) is 21.5 Å². The molecule has 0 bridgehead atoms. The molecule has 3 rings (SSSR count). The number of rotatable bonds is 5. The van der Waals surface area contributed by atoms with Crippen molar-refractivity contribution >= 4 is 11.3 Å². The van der Waals surface area contributed by atoms with E-state index >= 15 is 0 Å². The van der Waals surface area contributed by atoms with Gasteiger partial charge in [0.25, 0.3) is 0 Å². The summed E-state index contributed by atoms with van der Waals surface area (Å²) in [6.07, 6.45) is 6.57. The van der Waals surface area contributed by atoms with Gasteiger partial charge in [-0.05, 0) is 44.7 Å². The van der Waals surface area contributed by atoms with Crippen LogP contribution in [0, 0.1) is 11.8 Å². The number of aromatic nitrogens is 2. The predicted molar refractivity (Wildman–Crippen MR) is 65.7 cm³/mol. The van der Waals surface area contributed by atoms with Crippen LogP contribution < -0.4 is 5.32 Å². The van der Waals surface area contributed by atoms with E-state index in [2.05, 4.69) is 15.5 Å². The average Bonchev–Trinajstić information content (AvgIpc) is 2.75. The lowest BCUT2D eigenvalue weighted by atomic mass is 10.1. The lowest BCUT2D eigenvalue weighted by Crippen LogP contribution is -2.08. The number of fused-ring (bicyclic) bond motifs is 1. The van der Waals surface area contributed by atoms with E-state index in [4.69, 9.17) is 0 Å². The summed E-state index contributed by atoms with van der Waals surface area (Å²) in [6.45, 7) is 1.07. The molecule has 88 valence electrons. The maximum Gasteiger partial charge on any atom is 0.121 e. The van der Waals surface area contributed by atoms with Crippen molar-refractivity contribution in [2.75, 3.05) is 13.6 Å². The highest BCUT2D eigenvalue weighted by molar-refractivity contribution is 7.11. The van der Waals surface area contributed by atoms with Gasteiger partial charge in [0.2, 0.25) is 0 Å². The highest BCUT2D eigenvalue weighted by atomic mass is 32.1. The average molecular weight is 237 g/mol. The number of hydrogen-bond donors (Lipinski definition) is 1. The molecule has 0 amide bonds. The lowest BCUT2D eigenvalue weighted by Gasteiger charge is -1.96. The van der Waals surface area contributed by atoms with Crippen molar-refractivity contribution in [2.45, 2.75) is 38.0 Å². The normalized spacial score (nSPS) is 31.7. The third-order valence-corrected chi connectivity index (χ3v) is 5.08. The fraction of sp³-hybridized carbons (Fsp3) is 0.833. The Morgan fingerprint density at radius 3 is 2.88 bits per heavy atom. The Balaban J connectivity index is 1.57. The van der Waals surface area contributed by atoms with Gasteiger partial charge in [0.05, 0.1) is 0 Å². The molecule has 1 heterocycles. The van der Waals surface area contributed by atoms with E-state index in [0.29, 0.717) is 0 Å². The predicted octanol–water partition coefficient (Wildman–Crippen LogP) is 2.20. The van der Waals surface area contributed by atoms with Crippen molar-refractivity contribution in [1.29, 1.82) is 0 Å². The second-order valence-electron chi connectivity index (χ2n) is 5.03. The Kier molecular flexibility index (Phi) is 2.94. The van der Waals surface area contributed by atoms with E-state index in [0.717, 1.165) is 30.7 Å². The topological polar surface area (TPSA) is 37.8 Å². The van der Waals surface area contributed by atoms with E-state index in [9.17, 15) is 0 Å². The highest BCUT2D eigenvalue weighted by Crippen LogP contribution is 2.63. The summed E-state index contributed by atoms with van der Waals surface area (Å²) >= 11 is 1.86. The molecule has 2 aliphatic carbocycles. The molecule has 2 saturated carbocycles. The molecule has 0 aromatic carbocycles. The number of hydrogen-bond acceptors (Lipinski definition) is 4. The molecular formula is C12H19N3S. The summed E-state index contributed by atoms with van der Waals surface area (Å²) in [5.74, 6) is 2.74. The van der Waals surface area contributed by atoms with E-state index in [1.807, 2.05) is 18.4 Å². The smallest absolute Gasteiger partial charge is 0.121 e. The standard InChI is InChI=1S/C12H19N3S/c1-13-7-3-6-10-14-15-12(16-10)11-8-4-2-5-9(8)11/h8-9,11,13H,2-7H2,1H3. The number of aryl methyl sites for hydroxylation is 1. The molecule has 2 aliphatic rings. The monoisotopic (exact) mass is 237 g/mol. The van der Waals surface area contributed by atoms with Crippen molar-refractivity contribution < 1.29 is 0 Å². The summed E-state index contributed by atoms with van der Waals surface area (Å²) in [6, 6.07) is 0. The minimum absolute atomic E-state index is 0.796. The first-order valence-electron chi connectivity index (χ1n) is 6.37. The molecule has 0 saturated heterocycles. The second-order valence-corrected chi connectivity index (χ2v) is 6.12. The van der Waals surface area contributed by atoms with Crippen LogP contribution in [0.4, 0.5) is 0 Å². The van der Waals surface area contributed by atoms with E-state index in [1.165, 1.54) is 35.7 Å². The SMILES string of the molecule is CNCCCc1nnc(C2C3CCCC32)s1. The molecule has 3 nitrogen and oxygen atoms in total. The molecule has 1 aromatic heterocycles. The number of nitrogens with zero attached hydrogens (tertiary/aromatic N) is 2. The molecule has 1 aromatic rings. The van der Waals surface area contributed by atoms with Gasteiger partial charge in [-0.1, -0.05) is 6.42 Å². The molecule has 1 N–H and O–H groups in total. The van der Waals surface area contributed by atoms with Crippen LogP contribution in [0.5, 0.6) is 0 Å². The minimum atomic E-state index is 0.796. The van der Waals surface area contributed by atoms with Crippen LogP contribution in [0.15, 0.2) is 0 Å². The van der Waals surface area contributed by atoms with Crippen LogP contribution >= 0.6 is 11.3 Å². The van der Waals surface area contributed by atoms with Crippen LogP contribution in [0.3, 0.4) is 0 Å². The first kappa shape index (κ1) is 10.7. The summed E-state index contributed by atoms with van der Waals surface area (Å²) in [5, 5.41) is 14.4. The Labute approximate surface area is 101 Å². The van der Waals surface area contributed by atoms with E-state index in [1.54, 1.807) is 0 Å². The molecule has 0 spiro atoms. The Morgan fingerprint density at radius 1 is 1.31 bits per heavy atom. The van der Waals surface area contributed by atoms with Crippen molar-refractivity contribution in [2.24, 2.45) is 11.8 Å². The maximum atomic E-state index is 4.39. The van der Waals surface area contributed by atoms with Crippen LogP contribution in [-0.2, 0) is 6.42 Å². The van der Waals surface area contributed by atoms with Crippen LogP contribution in [0.1, 0.15) is 41.6 Å². The summed E-state index contributed by atoms with van der Waals surface area (Å²) in [4.78, 5) is 0. The largest absolute Gasteiger partial charge is 0.320 e. The van der Waals surface area contributed by atoms with Gasteiger partial charge in [-0.2, -0.15) is 0 Å². The fourth-order valence-electron chi connectivity index (χ4n) is 3.11. The maximum absolute atomic E-state index is 4.39. The zero-order valence-electron chi connectivity index (χ0n) is 9.78. The molecule has 16 heavy (non-hydrogen) atoms. The van der Waals surface area contributed by atoms with Crippen molar-refractivity contribution in [3.05, 3.63) is 10.0 Å². The van der Waals surface area contributed by atoms with Crippen LogP contribution in [-0.4, -0.2) is 23.8 Å². The van der Waals surface area contributed by atoms with Crippen molar-refractivity contribution in [1.82, 2.24) is 15.5 Å². The van der Waals surface area contributed by atoms with Gasteiger partial charge < -0.3 is 5.32 Å². The van der Waals surface area contributed by atoms with Gasteiger partial charge in [-0.3, -0.25) is 0 Å². The first-order chi connectivity index (χ1) is 7.90. The third-order valence-electron chi connectivity index (χ3n) is 3.99. The molecule has 2 atom stereocenters. The zero-order valence-corrected chi connectivity index (χ0v) is 10.6. The van der Waals surface area contributed by atoms with E-state index < -0.39 is 0 Å². The van der Waals surface area contributed by atoms with Gasteiger partial charge in [0, 0.05) is 12.3 Å². The Hall–Kier alpha value is -0.480. The first-order valence-corrected chi connectivity index (χ1v) is 7.18. The summed E-state index contributed by atoms with van der Waals surface area (Å²) in [5.41, 5.74) is 0.